The molecule has 0 radical (unpaired) electrons. The number of sulfonamides is 1. The summed E-state index contributed by atoms with van der Waals surface area (Å²) in [5.74, 6) is -0.671. The fourth-order valence-corrected chi connectivity index (χ4v) is 2.96. The second-order valence-electron chi connectivity index (χ2n) is 4.38. The van der Waals surface area contributed by atoms with Crippen LogP contribution in [-0.2, 0) is 23.2 Å². The molecule has 2 aromatic carbocycles. The average Bonchev–Trinajstić information content (AvgIpc) is 2.48. The highest BCUT2D eigenvalue weighted by Gasteiger charge is 2.15. The van der Waals surface area contributed by atoms with E-state index < -0.39 is 15.8 Å². The molecule has 0 fully saturated rings. The Morgan fingerprint density at radius 1 is 1.10 bits per heavy atom. The molecule has 0 aliphatic heterocycles. The molecule has 2 aromatic rings. The molecule has 0 heterocycles. The molecular formula is C14H13ClFNO3S. The van der Waals surface area contributed by atoms with E-state index >= 15 is 0 Å². The summed E-state index contributed by atoms with van der Waals surface area (Å²) in [4.78, 5) is -0.0964. The van der Waals surface area contributed by atoms with Crippen molar-refractivity contribution < 1.29 is 17.9 Å². The van der Waals surface area contributed by atoms with Gasteiger partial charge in [0.15, 0.2) is 0 Å². The van der Waals surface area contributed by atoms with Crippen LogP contribution in [0.25, 0.3) is 0 Å². The maximum Gasteiger partial charge on any atom is 0.240 e. The average molecular weight is 330 g/mol. The van der Waals surface area contributed by atoms with Crippen LogP contribution in [0, 0.1) is 5.82 Å². The lowest BCUT2D eigenvalue weighted by Crippen LogP contribution is -2.23. The van der Waals surface area contributed by atoms with Gasteiger partial charge >= 0.3 is 0 Å². The Morgan fingerprint density at radius 3 is 2.29 bits per heavy atom. The second kappa shape index (κ2) is 6.53. The van der Waals surface area contributed by atoms with Gasteiger partial charge in [-0.15, -0.1) is 0 Å². The molecule has 0 unspecified atom stereocenters. The van der Waals surface area contributed by atoms with Crippen LogP contribution in [0.3, 0.4) is 0 Å². The third-order valence-corrected chi connectivity index (χ3v) is 4.56. The second-order valence-corrected chi connectivity index (χ2v) is 6.55. The first-order chi connectivity index (χ1) is 9.92. The van der Waals surface area contributed by atoms with Crippen LogP contribution in [0.5, 0.6) is 0 Å². The van der Waals surface area contributed by atoms with E-state index in [1.54, 1.807) is 24.3 Å². The van der Waals surface area contributed by atoms with Crippen LogP contribution >= 0.6 is 11.6 Å². The molecule has 21 heavy (non-hydrogen) atoms. The molecular weight excluding hydrogens is 317 g/mol. The molecule has 2 rings (SSSR count). The summed E-state index contributed by atoms with van der Waals surface area (Å²) in [6, 6.07) is 10.1. The van der Waals surface area contributed by atoms with Crippen molar-refractivity contribution in [3.05, 3.63) is 64.4 Å². The van der Waals surface area contributed by atoms with Gasteiger partial charge in [0.2, 0.25) is 10.0 Å². The van der Waals surface area contributed by atoms with E-state index in [1.165, 1.54) is 0 Å². The van der Waals surface area contributed by atoms with Crippen molar-refractivity contribution in [1.82, 2.24) is 4.72 Å². The monoisotopic (exact) mass is 329 g/mol. The van der Waals surface area contributed by atoms with E-state index in [1.807, 2.05) is 0 Å². The predicted octanol–water partition coefficient (Wildman–Crippen LogP) is 2.45. The van der Waals surface area contributed by atoms with E-state index in [0.717, 1.165) is 29.3 Å². The van der Waals surface area contributed by atoms with Crippen molar-refractivity contribution in [2.24, 2.45) is 0 Å². The van der Waals surface area contributed by atoms with Crippen LogP contribution in [0.2, 0.25) is 5.02 Å². The van der Waals surface area contributed by atoms with Gasteiger partial charge in [-0.2, -0.15) is 0 Å². The highest BCUT2D eigenvalue weighted by molar-refractivity contribution is 7.89. The van der Waals surface area contributed by atoms with Gasteiger partial charge < -0.3 is 5.11 Å². The molecule has 0 aliphatic rings. The molecule has 0 aromatic heterocycles. The fraction of sp³-hybridized carbons (Fsp3) is 0.143. The van der Waals surface area contributed by atoms with Crippen LogP contribution in [-0.4, -0.2) is 13.5 Å². The Hall–Kier alpha value is -1.47. The summed E-state index contributed by atoms with van der Waals surface area (Å²) in [5.41, 5.74) is 1.48. The predicted molar refractivity (Wildman–Crippen MR) is 77.8 cm³/mol. The third-order valence-electron chi connectivity index (χ3n) is 2.87. The van der Waals surface area contributed by atoms with Gasteiger partial charge in [-0.1, -0.05) is 35.9 Å². The number of hydrogen-bond donors (Lipinski definition) is 2. The molecule has 7 heteroatoms. The quantitative estimate of drug-likeness (QED) is 0.885. The standard InChI is InChI=1S/C14H13ClFNO3S/c15-13-7-12(5-6-14(13)16)21(19,20)17-8-10-1-3-11(9-18)4-2-10/h1-7,17-18H,8-9H2. The number of halogens is 2. The third kappa shape index (κ3) is 4.01. The lowest BCUT2D eigenvalue weighted by molar-refractivity contribution is 0.282. The van der Waals surface area contributed by atoms with Crippen LogP contribution < -0.4 is 4.72 Å². The summed E-state index contributed by atoms with van der Waals surface area (Å²) in [6.07, 6.45) is 0. The Balaban J connectivity index is 2.11. The minimum atomic E-state index is -3.76. The van der Waals surface area contributed by atoms with E-state index in [9.17, 15) is 12.8 Å². The highest BCUT2D eigenvalue weighted by Crippen LogP contribution is 2.19. The SMILES string of the molecule is O=S(=O)(NCc1ccc(CO)cc1)c1ccc(F)c(Cl)c1. The zero-order valence-corrected chi connectivity index (χ0v) is 12.5. The number of aliphatic hydroxyl groups excluding tert-OH is 1. The van der Waals surface area contributed by atoms with Crippen molar-refractivity contribution in [2.45, 2.75) is 18.0 Å². The van der Waals surface area contributed by atoms with E-state index in [0.29, 0.717) is 0 Å². The van der Waals surface area contributed by atoms with E-state index in [4.69, 9.17) is 16.7 Å². The van der Waals surface area contributed by atoms with E-state index in [2.05, 4.69) is 4.72 Å². The van der Waals surface area contributed by atoms with Crippen molar-refractivity contribution in [2.75, 3.05) is 0 Å². The summed E-state index contributed by atoms with van der Waals surface area (Å²) < 4.78 is 39.6. The molecule has 0 bridgehead atoms. The van der Waals surface area contributed by atoms with Gasteiger partial charge in [0.25, 0.3) is 0 Å². The number of rotatable bonds is 5. The molecule has 0 saturated heterocycles. The van der Waals surface area contributed by atoms with Crippen LogP contribution in [0.4, 0.5) is 4.39 Å². The summed E-state index contributed by atoms with van der Waals surface area (Å²) in [7, 11) is -3.76. The first-order valence-corrected chi connectivity index (χ1v) is 7.92. The van der Waals surface area contributed by atoms with Crippen molar-refractivity contribution >= 4 is 21.6 Å². The molecule has 0 saturated carbocycles. The maximum atomic E-state index is 13.0. The number of aliphatic hydroxyl groups is 1. The smallest absolute Gasteiger partial charge is 0.240 e. The molecule has 0 atom stereocenters. The molecule has 0 aliphatic carbocycles. The molecule has 0 amide bonds. The van der Waals surface area contributed by atoms with E-state index in [-0.39, 0.29) is 23.1 Å². The van der Waals surface area contributed by atoms with Gasteiger partial charge in [-0.25, -0.2) is 17.5 Å². The minimum Gasteiger partial charge on any atom is -0.392 e. The number of benzene rings is 2. The zero-order chi connectivity index (χ0) is 15.5. The van der Waals surface area contributed by atoms with Gasteiger partial charge in [0, 0.05) is 6.54 Å². The van der Waals surface area contributed by atoms with Crippen LogP contribution in [0.1, 0.15) is 11.1 Å². The van der Waals surface area contributed by atoms with Crippen molar-refractivity contribution in [3.8, 4) is 0 Å². The Morgan fingerprint density at radius 2 is 1.71 bits per heavy atom. The summed E-state index contributed by atoms with van der Waals surface area (Å²) in [5, 5.41) is 8.68. The minimum absolute atomic E-state index is 0.0694. The van der Waals surface area contributed by atoms with Crippen molar-refractivity contribution in [1.29, 1.82) is 0 Å². The maximum absolute atomic E-state index is 13.0. The Labute approximate surface area is 127 Å². The molecule has 112 valence electrons. The summed E-state index contributed by atoms with van der Waals surface area (Å²) >= 11 is 5.58. The highest BCUT2D eigenvalue weighted by atomic mass is 35.5. The first-order valence-electron chi connectivity index (χ1n) is 6.06. The molecule has 2 N–H and O–H groups in total. The topological polar surface area (TPSA) is 66.4 Å². The van der Waals surface area contributed by atoms with Gasteiger partial charge in [-0.3, -0.25) is 0 Å². The fourth-order valence-electron chi connectivity index (χ4n) is 1.67. The first kappa shape index (κ1) is 15.9. The Kier molecular flexibility index (Phi) is 4.95. The van der Waals surface area contributed by atoms with Crippen LogP contribution in [0.15, 0.2) is 47.4 Å². The number of nitrogens with one attached hydrogen (secondary N) is 1. The van der Waals surface area contributed by atoms with Gasteiger partial charge in [-0.05, 0) is 29.3 Å². The lowest BCUT2D eigenvalue weighted by Gasteiger charge is -2.08. The lowest BCUT2D eigenvalue weighted by atomic mass is 10.1. The van der Waals surface area contributed by atoms with Gasteiger partial charge in [0.1, 0.15) is 5.82 Å². The van der Waals surface area contributed by atoms with Crippen molar-refractivity contribution in [3.63, 3.8) is 0 Å². The zero-order valence-electron chi connectivity index (χ0n) is 10.9. The Bertz CT molecular complexity index is 732. The normalized spacial score (nSPS) is 11.6. The largest absolute Gasteiger partial charge is 0.392 e. The molecule has 4 nitrogen and oxygen atoms in total. The number of hydrogen-bond acceptors (Lipinski definition) is 3. The molecule has 0 spiro atoms. The summed E-state index contributed by atoms with van der Waals surface area (Å²) in [6.45, 7) is 0.0170. The van der Waals surface area contributed by atoms with Gasteiger partial charge in [0.05, 0.1) is 16.5 Å².